The Kier molecular flexibility index (Phi) is 6.14. The number of hydrogen-bond donors (Lipinski definition) is 0. The van der Waals surface area contributed by atoms with Crippen LogP contribution in [0.15, 0.2) is 65.3 Å². The summed E-state index contributed by atoms with van der Waals surface area (Å²) in [5.74, 6) is 0.0246. The minimum atomic E-state index is 0.0246. The van der Waals surface area contributed by atoms with E-state index >= 15 is 0 Å². The van der Waals surface area contributed by atoms with Crippen LogP contribution in [0.4, 0.5) is 0 Å². The van der Waals surface area contributed by atoms with Crippen LogP contribution in [0.2, 0.25) is 0 Å². The topological polar surface area (TPSA) is 41.6 Å². The Morgan fingerprint density at radius 1 is 1.15 bits per heavy atom. The van der Waals surface area contributed by atoms with Crippen LogP contribution in [0.1, 0.15) is 23.0 Å². The summed E-state index contributed by atoms with van der Waals surface area (Å²) in [6.07, 6.45) is 5.71. The highest BCUT2D eigenvalue weighted by Gasteiger charge is 2.22. The zero-order valence-corrected chi connectivity index (χ0v) is 16.3. The molecule has 0 unspecified atom stereocenters. The molecule has 0 aliphatic heterocycles. The van der Waals surface area contributed by atoms with Gasteiger partial charge in [-0.3, -0.25) is 4.79 Å². The molecule has 0 saturated carbocycles. The van der Waals surface area contributed by atoms with Gasteiger partial charge in [0.2, 0.25) is 0 Å². The van der Waals surface area contributed by atoms with Crippen LogP contribution < -0.4 is 0 Å². The first kappa shape index (κ1) is 19.0. The Hall–Kier alpha value is -2.79. The van der Waals surface area contributed by atoms with E-state index in [1.54, 1.807) is 6.26 Å². The number of furan rings is 1. The molecule has 0 spiro atoms. The fraction of sp³-hybridized carbons (Fsp3) is 0.318. The molecule has 2 aromatic heterocycles. The molecular formula is C22H27N3O2. The van der Waals surface area contributed by atoms with E-state index in [9.17, 15) is 4.79 Å². The van der Waals surface area contributed by atoms with Crippen molar-refractivity contribution in [3.63, 3.8) is 0 Å². The minimum Gasteiger partial charge on any atom is -0.463 e. The molecule has 27 heavy (non-hydrogen) atoms. The van der Waals surface area contributed by atoms with E-state index in [1.807, 2.05) is 73.0 Å². The number of carbonyl (C=O) groups is 1. The van der Waals surface area contributed by atoms with Gasteiger partial charge in [0.1, 0.15) is 5.69 Å². The second kappa shape index (κ2) is 8.73. The number of nitrogens with zero attached hydrogens (tertiary/aromatic N) is 3. The maximum absolute atomic E-state index is 13.4. The summed E-state index contributed by atoms with van der Waals surface area (Å²) < 4.78 is 7.56. The Bertz CT molecular complexity index is 906. The van der Waals surface area contributed by atoms with Crippen LogP contribution in [0, 0.1) is 0 Å². The summed E-state index contributed by atoms with van der Waals surface area (Å²) >= 11 is 0. The van der Waals surface area contributed by atoms with Gasteiger partial charge in [0, 0.05) is 38.3 Å². The highest BCUT2D eigenvalue weighted by Crippen LogP contribution is 2.23. The van der Waals surface area contributed by atoms with Crippen LogP contribution in [0.5, 0.6) is 0 Å². The molecular weight excluding hydrogens is 338 g/mol. The molecule has 0 aliphatic rings. The van der Waals surface area contributed by atoms with E-state index in [0.717, 1.165) is 23.2 Å². The number of fused-ring (bicyclic) bond motifs is 1. The number of aromatic nitrogens is 1. The molecule has 5 nitrogen and oxygen atoms in total. The van der Waals surface area contributed by atoms with Crippen molar-refractivity contribution in [2.75, 3.05) is 27.2 Å². The van der Waals surface area contributed by atoms with Crippen LogP contribution in [0.3, 0.4) is 0 Å². The summed E-state index contributed by atoms with van der Waals surface area (Å²) in [5.41, 5.74) is 3.48. The average molecular weight is 365 g/mol. The van der Waals surface area contributed by atoms with Gasteiger partial charge in [0.15, 0.2) is 5.58 Å². The monoisotopic (exact) mass is 365 g/mol. The number of carbonyl (C=O) groups excluding carboxylic acids is 1. The molecule has 0 N–H and O–H groups in total. The van der Waals surface area contributed by atoms with Crippen LogP contribution in [0.25, 0.3) is 11.1 Å². The summed E-state index contributed by atoms with van der Waals surface area (Å²) in [6.45, 7) is 4.69. The number of hydrogen-bond acceptors (Lipinski definition) is 3. The normalized spacial score (nSPS) is 11.7. The van der Waals surface area contributed by atoms with Crippen molar-refractivity contribution >= 4 is 17.0 Å². The molecule has 0 saturated heterocycles. The molecule has 142 valence electrons. The molecule has 0 fully saturated rings. The number of amides is 1. The highest BCUT2D eigenvalue weighted by molar-refractivity contribution is 5.97. The van der Waals surface area contributed by atoms with Crippen molar-refractivity contribution in [3.8, 4) is 0 Å². The lowest BCUT2D eigenvalue weighted by Gasteiger charge is -2.25. The van der Waals surface area contributed by atoms with Crippen molar-refractivity contribution in [1.82, 2.24) is 14.4 Å². The molecule has 5 heteroatoms. The largest absolute Gasteiger partial charge is 0.463 e. The molecule has 3 rings (SSSR count). The fourth-order valence-corrected chi connectivity index (χ4v) is 3.10. The van der Waals surface area contributed by atoms with Gasteiger partial charge >= 0.3 is 0 Å². The quantitative estimate of drug-likeness (QED) is 0.566. The van der Waals surface area contributed by atoms with Crippen molar-refractivity contribution in [2.45, 2.75) is 20.0 Å². The maximum Gasteiger partial charge on any atom is 0.270 e. The van der Waals surface area contributed by atoms with Crippen LogP contribution in [-0.4, -0.2) is 47.5 Å². The minimum absolute atomic E-state index is 0.0246. The molecule has 0 aliphatic carbocycles. The lowest BCUT2D eigenvalue weighted by atomic mass is 10.2. The van der Waals surface area contributed by atoms with Gasteiger partial charge in [-0.1, -0.05) is 42.5 Å². The maximum atomic E-state index is 13.4. The van der Waals surface area contributed by atoms with E-state index in [2.05, 4.69) is 17.0 Å². The van der Waals surface area contributed by atoms with Crippen molar-refractivity contribution in [1.29, 1.82) is 0 Å². The summed E-state index contributed by atoms with van der Waals surface area (Å²) in [6, 6.07) is 13.9. The third kappa shape index (κ3) is 4.49. The zero-order valence-electron chi connectivity index (χ0n) is 16.3. The number of allylic oxidation sites excluding steroid dienone is 2. The van der Waals surface area contributed by atoms with Crippen LogP contribution >= 0.6 is 0 Å². The average Bonchev–Trinajstić information content (AvgIpc) is 3.25. The van der Waals surface area contributed by atoms with Gasteiger partial charge < -0.3 is 18.8 Å². The molecule has 1 aromatic carbocycles. The first-order valence-electron chi connectivity index (χ1n) is 9.26. The first-order valence-corrected chi connectivity index (χ1v) is 9.26. The number of benzene rings is 1. The third-order valence-electron chi connectivity index (χ3n) is 4.59. The number of rotatable bonds is 8. The predicted molar refractivity (Wildman–Crippen MR) is 109 cm³/mol. The van der Waals surface area contributed by atoms with E-state index in [0.29, 0.717) is 25.3 Å². The standard InChI is InChI=1S/C22H27N3O2/c1-4-5-12-25-19-11-15-27-21(19)16-20(25)22(26)24(14-13-23(2)3)17-18-9-7-6-8-10-18/h4-11,15-16H,12-14,17H2,1-3H3/b5-4-. The third-order valence-corrected chi connectivity index (χ3v) is 4.59. The highest BCUT2D eigenvalue weighted by atomic mass is 16.3. The Balaban J connectivity index is 1.92. The van der Waals surface area contributed by atoms with Crippen LogP contribution in [-0.2, 0) is 13.1 Å². The smallest absolute Gasteiger partial charge is 0.270 e. The van der Waals surface area contributed by atoms with E-state index in [1.165, 1.54) is 0 Å². The number of likely N-dealkylation sites (N-methyl/N-ethyl adjacent to an activating group) is 1. The van der Waals surface area contributed by atoms with E-state index in [4.69, 9.17) is 4.42 Å². The molecule has 0 radical (unpaired) electrons. The molecule has 0 bridgehead atoms. The van der Waals surface area contributed by atoms with Crippen molar-refractivity contribution < 1.29 is 9.21 Å². The zero-order chi connectivity index (χ0) is 19.2. The summed E-state index contributed by atoms with van der Waals surface area (Å²) in [7, 11) is 4.04. The van der Waals surface area contributed by atoms with Crippen molar-refractivity contribution in [2.24, 2.45) is 0 Å². The van der Waals surface area contributed by atoms with E-state index in [-0.39, 0.29) is 5.91 Å². The van der Waals surface area contributed by atoms with Gasteiger partial charge in [-0.2, -0.15) is 0 Å². The summed E-state index contributed by atoms with van der Waals surface area (Å²) in [5, 5.41) is 0. The van der Waals surface area contributed by atoms with Gasteiger partial charge in [0.25, 0.3) is 5.91 Å². The first-order chi connectivity index (χ1) is 13.1. The molecule has 3 aromatic rings. The Morgan fingerprint density at radius 3 is 2.63 bits per heavy atom. The lowest BCUT2D eigenvalue weighted by Crippen LogP contribution is -2.37. The molecule has 0 atom stereocenters. The Morgan fingerprint density at radius 2 is 1.93 bits per heavy atom. The van der Waals surface area contributed by atoms with Gasteiger partial charge in [-0.25, -0.2) is 0 Å². The lowest BCUT2D eigenvalue weighted by molar-refractivity contribution is 0.0722. The Labute approximate surface area is 160 Å². The molecule has 1 amide bonds. The second-order valence-corrected chi connectivity index (χ2v) is 6.89. The van der Waals surface area contributed by atoms with Gasteiger partial charge in [-0.05, 0) is 26.6 Å². The molecule has 2 heterocycles. The van der Waals surface area contributed by atoms with E-state index < -0.39 is 0 Å². The van der Waals surface area contributed by atoms with Crippen molar-refractivity contribution in [3.05, 3.63) is 72.1 Å². The van der Waals surface area contributed by atoms with Gasteiger partial charge in [0.05, 0.1) is 11.8 Å². The fourth-order valence-electron chi connectivity index (χ4n) is 3.10. The van der Waals surface area contributed by atoms with Gasteiger partial charge in [-0.15, -0.1) is 0 Å². The second-order valence-electron chi connectivity index (χ2n) is 6.89. The predicted octanol–water partition coefficient (Wildman–Crippen LogP) is 4.01. The SMILES string of the molecule is C/C=C\Cn1c(C(=O)N(CCN(C)C)Cc2ccccc2)cc2occc21. The summed E-state index contributed by atoms with van der Waals surface area (Å²) in [4.78, 5) is 17.4.